The minimum absolute atomic E-state index is 0.0540. The van der Waals surface area contributed by atoms with Crippen molar-refractivity contribution in [2.24, 2.45) is 0 Å². The van der Waals surface area contributed by atoms with Gasteiger partial charge in [-0.1, -0.05) is 30.3 Å². The van der Waals surface area contributed by atoms with Gasteiger partial charge in [-0.15, -0.1) is 0 Å². The first-order valence-electron chi connectivity index (χ1n) is 9.31. The van der Waals surface area contributed by atoms with E-state index in [0.29, 0.717) is 6.42 Å². The Balaban J connectivity index is 1.54. The molecule has 0 unspecified atom stereocenters. The molecule has 0 saturated carbocycles. The van der Waals surface area contributed by atoms with Crippen LogP contribution in [0.15, 0.2) is 79.0 Å². The minimum Gasteiger partial charge on any atom is -0.305 e. The van der Waals surface area contributed by atoms with Crippen molar-refractivity contribution in [2.45, 2.75) is 18.9 Å². The second-order valence-corrected chi connectivity index (χ2v) is 7.00. The Morgan fingerprint density at radius 1 is 0.929 bits per heavy atom. The highest BCUT2D eigenvalue weighted by Crippen LogP contribution is 2.38. The van der Waals surface area contributed by atoms with E-state index < -0.39 is 0 Å². The highest BCUT2D eigenvalue weighted by molar-refractivity contribution is 5.98. The molecular formula is C23H18FN3O. The molecule has 1 fully saturated rings. The predicted octanol–water partition coefficient (Wildman–Crippen LogP) is 5.03. The molecule has 0 radical (unpaired) electrons. The fourth-order valence-corrected chi connectivity index (χ4v) is 3.96. The molecule has 0 bridgehead atoms. The third kappa shape index (κ3) is 2.76. The van der Waals surface area contributed by atoms with Crippen molar-refractivity contribution < 1.29 is 9.18 Å². The van der Waals surface area contributed by atoms with Crippen molar-refractivity contribution in [2.75, 3.05) is 4.90 Å². The van der Waals surface area contributed by atoms with E-state index in [2.05, 4.69) is 17.2 Å². The maximum absolute atomic E-state index is 13.2. The Labute approximate surface area is 161 Å². The van der Waals surface area contributed by atoms with Gasteiger partial charge in [0.25, 0.3) is 0 Å². The molecule has 1 aliphatic heterocycles. The van der Waals surface area contributed by atoms with Crippen molar-refractivity contribution in [3.05, 3.63) is 90.4 Å². The maximum atomic E-state index is 13.2. The summed E-state index contributed by atoms with van der Waals surface area (Å²) < 4.78 is 15.0. The number of hydrogen-bond acceptors (Lipinski definition) is 2. The van der Waals surface area contributed by atoms with Crippen LogP contribution in [0.5, 0.6) is 0 Å². The molecule has 4 nitrogen and oxygen atoms in total. The first-order valence-corrected chi connectivity index (χ1v) is 9.31. The summed E-state index contributed by atoms with van der Waals surface area (Å²) >= 11 is 0. The van der Waals surface area contributed by atoms with Crippen LogP contribution >= 0.6 is 0 Å². The van der Waals surface area contributed by atoms with Crippen LogP contribution in [-0.2, 0) is 4.79 Å². The second-order valence-electron chi connectivity index (χ2n) is 7.00. The number of carbonyl (C=O) groups excluding carboxylic acids is 1. The molecule has 138 valence electrons. The number of hydrogen-bond donors (Lipinski definition) is 0. The minimum atomic E-state index is -0.276. The SMILES string of the molecule is O=C1CC[C@@H](c2ccccc2)N1c1ccc2c(cnn2-c2ccc(F)cc2)c1. The highest BCUT2D eigenvalue weighted by Gasteiger charge is 2.33. The molecule has 5 heteroatoms. The van der Waals surface area contributed by atoms with Gasteiger partial charge in [-0.3, -0.25) is 4.79 Å². The van der Waals surface area contributed by atoms with E-state index in [1.54, 1.807) is 23.0 Å². The Bertz CT molecular complexity index is 1150. The summed E-state index contributed by atoms with van der Waals surface area (Å²) in [5.41, 5.74) is 3.74. The van der Waals surface area contributed by atoms with Gasteiger partial charge in [-0.2, -0.15) is 5.10 Å². The molecule has 2 heterocycles. The number of benzene rings is 3. The van der Waals surface area contributed by atoms with Crippen LogP contribution in [0.2, 0.25) is 0 Å². The Kier molecular flexibility index (Phi) is 3.93. The largest absolute Gasteiger partial charge is 0.305 e. The van der Waals surface area contributed by atoms with Gasteiger partial charge in [-0.25, -0.2) is 9.07 Å². The molecule has 1 amide bonds. The molecule has 28 heavy (non-hydrogen) atoms. The summed E-state index contributed by atoms with van der Waals surface area (Å²) in [4.78, 5) is 14.5. The average Bonchev–Trinajstić information content (AvgIpc) is 3.32. The van der Waals surface area contributed by atoms with Gasteiger partial charge in [0.2, 0.25) is 5.91 Å². The highest BCUT2D eigenvalue weighted by atomic mass is 19.1. The molecule has 1 saturated heterocycles. The molecular weight excluding hydrogens is 353 g/mol. The van der Waals surface area contributed by atoms with E-state index in [-0.39, 0.29) is 17.8 Å². The molecule has 5 rings (SSSR count). The monoisotopic (exact) mass is 371 g/mol. The molecule has 1 aliphatic rings. The lowest BCUT2D eigenvalue weighted by atomic mass is 10.0. The summed E-state index contributed by atoms with van der Waals surface area (Å²) in [6.07, 6.45) is 3.14. The fourth-order valence-electron chi connectivity index (χ4n) is 3.96. The quantitative estimate of drug-likeness (QED) is 0.506. The van der Waals surface area contributed by atoms with Gasteiger partial charge in [0.15, 0.2) is 0 Å². The number of fused-ring (bicyclic) bond motifs is 1. The van der Waals surface area contributed by atoms with Crippen molar-refractivity contribution in [3.63, 3.8) is 0 Å². The zero-order valence-electron chi connectivity index (χ0n) is 15.1. The van der Waals surface area contributed by atoms with Gasteiger partial charge in [-0.05, 0) is 54.4 Å². The smallest absolute Gasteiger partial charge is 0.227 e. The Morgan fingerprint density at radius 3 is 2.46 bits per heavy atom. The number of halogens is 1. The average molecular weight is 371 g/mol. The lowest BCUT2D eigenvalue weighted by Crippen LogP contribution is -2.27. The van der Waals surface area contributed by atoms with Crippen LogP contribution in [0, 0.1) is 5.82 Å². The van der Waals surface area contributed by atoms with E-state index in [4.69, 9.17) is 0 Å². The zero-order chi connectivity index (χ0) is 19.1. The van der Waals surface area contributed by atoms with E-state index in [0.717, 1.165) is 34.3 Å². The molecule has 1 atom stereocenters. The van der Waals surface area contributed by atoms with Crippen LogP contribution in [0.3, 0.4) is 0 Å². The van der Waals surface area contributed by atoms with Crippen LogP contribution in [0.4, 0.5) is 10.1 Å². The predicted molar refractivity (Wildman–Crippen MR) is 107 cm³/mol. The Morgan fingerprint density at radius 2 is 1.68 bits per heavy atom. The molecule has 0 spiro atoms. The van der Waals surface area contributed by atoms with Crippen LogP contribution in [-0.4, -0.2) is 15.7 Å². The van der Waals surface area contributed by atoms with E-state index in [1.165, 1.54) is 12.1 Å². The number of carbonyl (C=O) groups is 1. The maximum Gasteiger partial charge on any atom is 0.227 e. The molecule has 0 aliphatic carbocycles. The molecule has 1 aromatic heterocycles. The molecule has 0 N–H and O–H groups in total. The van der Waals surface area contributed by atoms with Crippen LogP contribution in [0.25, 0.3) is 16.6 Å². The van der Waals surface area contributed by atoms with Gasteiger partial charge in [0.05, 0.1) is 23.4 Å². The summed E-state index contributed by atoms with van der Waals surface area (Å²) in [7, 11) is 0. The van der Waals surface area contributed by atoms with E-state index in [9.17, 15) is 9.18 Å². The van der Waals surface area contributed by atoms with Gasteiger partial charge >= 0.3 is 0 Å². The Hall–Kier alpha value is -3.47. The van der Waals surface area contributed by atoms with Gasteiger partial charge < -0.3 is 4.90 Å². The number of nitrogens with zero attached hydrogens (tertiary/aromatic N) is 3. The number of anilines is 1. The van der Waals surface area contributed by atoms with Crippen molar-refractivity contribution in [3.8, 4) is 5.69 Å². The summed E-state index contributed by atoms with van der Waals surface area (Å²) in [6, 6.07) is 22.4. The van der Waals surface area contributed by atoms with E-state index >= 15 is 0 Å². The standard InChI is InChI=1S/C23H18FN3O/c24-18-6-8-19(9-7-18)27-22-11-10-20(14-17(22)15-25-27)26-21(12-13-23(26)28)16-4-2-1-3-5-16/h1-11,14-15,21H,12-13H2/t21-/m0/s1. The lowest BCUT2D eigenvalue weighted by molar-refractivity contribution is -0.117. The van der Waals surface area contributed by atoms with Crippen molar-refractivity contribution >= 4 is 22.5 Å². The summed E-state index contributed by atoms with van der Waals surface area (Å²) in [6.45, 7) is 0. The lowest BCUT2D eigenvalue weighted by Gasteiger charge is -2.25. The topological polar surface area (TPSA) is 38.1 Å². The normalized spacial score (nSPS) is 16.8. The summed E-state index contributed by atoms with van der Waals surface area (Å²) in [5.74, 6) is -0.138. The molecule has 3 aromatic carbocycles. The summed E-state index contributed by atoms with van der Waals surface area (Å²) in [5, 5.41) is 5.39. The van der Waals surface area contributed by atoms with Crippen molar-refractivity contribution in [1.29, 1.82) is 0 Å². The van der Waals surface area contributed by atoms with Gasteiger partial charge in [0, 0.05) is 17.5 Å². The molecule has 4 aromatic rings. The number of aromatic nitrogens is 2. The first-order chi connectivity index (χ1) is 13.7. The van der Waals surface area contributed by atoms with Gasteiger partial charge in [0.1, 0.15) is 5.82 Å². The third-order valence-electron chi connectivity index (χ3n) is 5.30. The first kappa shape index (κ1) is 16.7. The van der Waals surface area contributed by atoms with Crippen LogP contribution < -0.4 is 4.90 Å². The van der Waals surface area contributed by atoms with Crippen molar-refractivity contribution in [1.82, 2.24) is 9.78 Å². The van der Waals surface area contributed by atoms with Crippen LogP contribution in [0.1, 0.15) is 24.4 Å². The second kappa shape index (κ2) is 6.60. The number of amides is 1. The van der Waals surface area contributed by atoms with E-state index in [1.807, 2.05) is 41.3 Å². The number of rotatable bonds is 3. The third-order valence-corrected chi connectivity index (χ3v) is 5.30. The fraction of sp³-hybridized carbons (Fsp3) is 0.130. The zero-order valence-corrected chi connectivity index (χ0v) is 15.1.